The molecule has 3 N–H and O–H groups in total. The lowest BCUT2D eigenvalue weighted by Gasteiger charge is -2.05. The number of aromatic nitrogens is 1. The predicted octanol–water partition coefficient (Wildman–Crippen LogP) is 2.40. The molecule has 0 saturated carbocycles. The van der Waals surface area contributed by atoms with Crippen molar-refractivity contribution in [1.82, 2.24) is 10.3 Å². The van der Waals surface area contributed by atoms with Crippen LogP contribution in [-0.2, 0) is 20.8 Å². The van der Waals surface area contributed by atoms with E-state index in [0.29, 0.717) is 31.6 Å². The number of benzene rings is 1. The number of esters is 1. The van der Waals surface area contributed by atoms with E-state index in [9.17, 15) is 14.4 Å². The Morgan fingerprint density at radius 1 is 1.20 bits per heavy atom. The number of hydrogen-bond acceptors (Lipinski definition) is 4. The van der Waals surface area contributed by atoms with Crippen molar-refractivity contribution in [3.8, 4) is 5.75 Å². The maximum Gasteiger partial charge on any atom is 0.311 e. The van der Waals surface area contributed by atoms with Gasteiger partial charge >= 0.3 is 11.9 Å². The molecule has 7 heteroatoms. The van der Waals surface area contributed by atoms with Crippen molar-refractivity contribution in [1.29, 1.82) is 0 Å². The van der Waals surface area contributed by atoms with Gasteiger partial charge in [0.1, 0.15) is 5.75 Å². The molecule has 0 aliphatic carbocycles. The summed E-state index contributed by atoms with van der Waals surface area (Å²) in [5.74, 6) is -0.855. The molecule has 0 atom stereocenters. The van der Waals surface area contributed by atoms with Crippen LogP contribution in [0.5, 0.6) is 5.75 Å². The molecule has 1 heterocycles. The summed E-state index contributed by atoms with van der Waals surface area (Å²) in [7, 11) is 0. The molecule has 134 valence electrons. The zero-order valence-electron chi connectivity index (χ0n) is 14.1. The molecule has 2 aromatic rings. The molecular weight excluding hydrogens is 324 g/mol. The van der Waals surface area contributed by atoms with Crippen LogP contribution >= 0.6 is 0 Å². The number of H-pyrrole nitrogens is 1. The fraction of sp³-hybridized carbons (Fsp3) is 0.389. The minimum absolute atomic E-state index is 0.0558. The number of nitrogens with one attached hydrogen (secondary N) is 2. The number of carbonyl (C=O) groups is 3. The van der Waals surface area contributed by atoms with E-state index in [1.54, 1.807) is 12.1 Å². The van der Waals surface area contributed by atoms with E-state index in [2.05, 4.69) is 10.3 Å². The number of amides is 1. The van der Waals surface area contributed by atoms with Crippen LogP contribution in [0, 0.1) is 0 Å². The molecule has 2 rings (SSSR count). The van der Waals surface area contributed by atoms with Gasteiger partial charge in [-0.15, -0.1) is 0 Å². The van der Waals surface area contributed by atoms with Gasteiger partial charge in [-0.05, 0) is 43.0 Å². The zero-order valence-corrected chi connectivity index (χ0v) is 14.1. The van der Waals surface area contributed by atoms with Crippen LogP contribution in [0.25, 0.3) is 10.9 Å². The second kappa shape index (κ2) is 8.86. The summed E-state index contributed by atoms with van der Waals surface area (Å²) >= 11 is 0. The summed E-state index contributed by atoms with van der Waals surface area (Å²) < 4.78 is 5.33. The number of rotatable bonds is 9. The molecule has 25 heavy (non-hydrogen) atoms. The second-order valence-corrected chi connectivity index (χ2v) is 5.83. The van der Waals surface area contributed by atoms with E-state index in [1.807, 2.05) is 12.3 Å². The first-order valence-electron chi connectivity index (χ1n) is 8.22. The number of carboxylic acid groups (broad SMARTS) is 1. The standard InChI is InChI=1S/C18H22N2O5/c1-12(21)19-9-8-13-11-20-16-7-6-14(10-15(13)16)25-18(24)5-3-2-4-17(22)23/h6-7,10-11,20H,2-5,8-9H2,1H3,(H,19,21)(H,22,23). The molecule has 1 aromatic carbocycles. The molecular formula is C18H22N2O5. The molecule has 0 aliphatic heterocycles. The normalized spacial score (nSPS) is 10.6. The van der Waals surface area contributed by atoms with Gasteiger partial charge in [-0.25, -0.2) is 0 Å². The lowest BCUT2D eigenvalue weighted by molar-refractivity contribution is -0.138. The lowest BCUT2D eigenvalue weighted by Crippen LogP contribution is -2.22. The molecule has 0 radical (unpaired) electrons. The number of carbonyl (C=O) groups excluding carboxylic acids is 2. The van der Waals surface area contributed by atoms with Crippen LogP contribution in [0.3, 0.4) is 0 Å². The highest BCUT2D eigenvalue weighted by atomic mass is 16.5. The summed E-state index contributed by atoms with van der Waals surface area (Å²) in [5.41, 5.74) is 1.96. The Balaban J connectivity index is 1.93. The van der Waals surface area contributed by atoms with Gasteiger partial charge in [0.15, 0.2) is 0 Å². The number of ether oxygens (including phenoxy) is 1. The van der Waals surface area contributed by atoms with Crippen molar-refractivity contribution < 1.29 is 24.2 Å². The van der Waals surface area contributed by atoms with E-state index < -0.39 is 5.97 Å². The Hall–Kier alpha value is -2.83. The van der Waals surface area contributed by atoms with Crippen molar-refractivity contribution in [2.45, 2.75) is 39.0 Å². The van der Waals surface area contributed by atoms with Crippen LogP contribution < -0.4 is 10.1 Å². The van der Waals surface area contributed by atoms with Gasteiger partial charge in [-0.2, -0.15) is 0 Å². The number of hydrogen-bond donors (Lipinski definition) is 3. The Kier molecular flexibility index (Phi) is 6.56. The summed E-state index contributed by atoms with van der Waals surface area (Å²) in [5, 5.41) is 12.3. The van der Waals surface area contributed by atoms with Gasteiger partial charge in [0.25, 0.3) is 0 Å². The van der Waals surface area contributed by atoms with Gasteiger partial charge in [0.05, 0.1) is 0 Å². The fourth-order valence-electron chi connectivity index (χ4n) is 2.53. The van der Waals surface area contributed by atoms with Crippen LogP contribution in [0.15, 0.2) is 24.4 Å². The summed E-state index contributed by atoms with van der Waals surface area (Å²) in [6, 6.07) is 5.35. The Morgan fingerprint density at radius 2 is 1.96 bits per heavy atom. The lowest BCUT2D eigenvalue weighted by atomic mass is 10.1. The van der Waals surface area contributed by atoms with Gasteiger partial charge < -0.3 is 20.1 Å². The summed E-state index contributed by atoms with van der Waals surface area (Å²) in [6.45, 7) is 2.01. The third-order valence-corrected chi connectivity index (χ3v) is 3.76. The minimum atomic E-state index is -0.863. The van der Waals surface area contributed by atoms with Crippen LogP contribution in [0.4, 0.5) is 0 Å². The predicted molar refractivity (Wildman–Crippen MR) is 92.4 cm³/mol. The van der Waals surface area contributed by atoms with Crippen LogP contribution in [0.1, 0.15) is 38.2 Å². The molecule has 7 nitrogen and oxygen atoms in total. The topological polar surface area (TPSA) is 108 Å². The highest BCUT2D eigenvalue weighted by Gasteiger charge is 2.09. The molecule has 0 spiro atoms. The molecule has 0 bridgehead atoms. The zero-order chi connectivity index (χ0) is 18.2. The molecule has 1 amide bonds. The average Bonchev–Trinajstić information content (AvgIpc) is 2.94. The first kappa shape index (κ1) is 18.5. The van der Waals surface area contributed by atoms with Crippen molar-refractivity contribution in [2.24, 2.45) is 0 Å². The van der Waals surface area contributed by atoms with Gasteiger partial charge in [-0.3, -0.25) is 14.4 Å². The second-order valence-electron chi connectivity index (χ2n) is 5.83. The first-order chi connectivity index (χ1) is 12.0. The van der Waals surface area contributed by atoms with Crippen molar-refractivity contribution in [3.05, 3.63) is 30.0 Å². The van der Waals surface area contributed by atoms with Crippen molar-refractivity contribution in [3.63, 3.8) is 0 Å². The summed E-state index contributed by atoms with van der Waals surface area (Å²) in [4.78, 5) is 36.4. The smallest absolute Gasteiger partial charge is 0.311 e. The number of fused-ring (bicyclic) bond motifs is 1. The monoisotopic (exact) mass is 346 g/mol. The first-order valence-corrected chi connectivity index (χ1v) is 8.22. The van der Waals surface area contributed by atoms with Gasteiger partial charge in [0, 0.05) is 43.4 Å². The molecule has 0 aliphatic rings. The molecule has 0 unspecified atom stereocenters. The van der Waals surface area contributed by atoms with E-state index in [4.69, 9.17) is 9.84 Å². The Labute approximate surface area is 145 Å². The SMILES string of the molecule is CC(=O)NCCc1c[nH]c2ccc(OC(=O)CCCCC(=O)O)cc12. The highest BCUT2D eigenvalue weighted by molar-refractivity contribution is 5.85. The largest absolute Gasteiger partial charge is 0.481 e. The van der Waals surface area contributed by atoms with Gasteiger partial charge in [-0.1, -0.05) is 0 Å². The number of aliphatic carboxylic acids is 1. The highest BCUT2D eigenvalue weighted by Crippen LogP contribution is 2.24. The fourth-order valence-corrected chi connectivity index (χ4v) is 2.53. The van der Waals surface area contributed by atoms with E-state index >= 15 is 0 Å². The van der Waals surface area contributed by atoms with Crippen LogP contribution in [-0.4, -0.2) is 34.5 Å². The van der Waals surface area contributed by atoms with Gasteiger partial charge in [0.2, 0.25) is 5.91 Å². The maximum absolute atomic E-state index is 11.8. The quantitative estimate of drug-likeness (QED) is 0.367. The van der Waals surface area contributed by atoms with E-state index in [-0.39, 0.29) is 24.7 Å². The van der Waals surface area contributed by atoms with E-state index in [0.717, 1.165) is 16.5 Å². The van der Waals surface area contributed by atoms with Crippen LogP contribution in [0.2, 0.25) is 0 Å². The molecule has 0 fully saturated rings. The van der Waals surface area contributed by atoms with Crippen molar-refractivity contribution >= 4 is 28.7 Å². The Bertz CT molecular complexity index is 766. The number of carboxylic acids is 1. The maximum atomic E-state index is 11.8. The minimum Gasteiger partial charge on any atom is -0.481 e. The number of aromatic amines is 1. The van der Waals surface area contributed by atoms with Crippen molar-refractivity contribution in [2.75, 3.05) is 6.54 Å². The average molecular weight is 346 g/mol. The number of unbranched alkanes of at least 4 members (excludes halogenated alkanes) is 1. The van der Waals surface area contributed by atoms with E-state index in [1.165, 1.54) is 6.92 Å². The molecule has 1 aromatic heterocycles. The third kappa shape index (κ3) is 5.95. The summed E-state index contributed by atoms with van der Waals surface area (Å²) in [6.07, 6.45) is 3.73. The Morgan fingerprint density at radius 3 is 2.68 bits per heavy atom. The third-order valence-electron chi connectivity index (χ3n) is 3.76. The molecule has 0 saturated heterocycles.